The van der Waals surface area contributed by atoms with E-state index in [1.165, 1.54) is 11.6 Å². The molecule has 122 valence electrons. The van der Waals surface area contributed by atoms with Crippen LogP contribution in [0, 0.1) is 0 Å². The number of halogens is 2. The quantitative estimate of drug-likeness (QED) is 0.761. The molecule has 0 aliphatic carbocycles. The largest absolute Gasteiger partial charge is 0.351 e. The highest BCUT2D eigenvalue weighted by atomic mass is 35.5. The molecular weight excluding hydrogens is 351 g/mol. The van der Waals surface area contributed by atoms with Crippen molar-refractivity contribution in [3.63, 3.8) is 0 Å². The molecule has 3 nitrogen and oxygen atoms in total. The molecule has 1 amide bonds. The van der Waals surface area contributed by atoms with E-state index in [0.717, 1.165) is 0 Å². The molecule has 1 aromatic heterocycles. The Morgan fingerprint density at radius 1 is 1.30 bits per heavy atom. The lowest BCUT2D eigenvalue weighted by atomic mass is 10.1. The van der Waals surface area contributed by atoms with Crippen LogP contribution in [0.2, 0.25) is 10.0 Å². The lowest BCUT2D eigenvalue weighted by molar-refractivity contribution is -0.116. The van der Waals surface area contributed by atoms with Gasteiger partial charge in [0, 0.05) is 28.2 Å². The first-order valence-corrected chi connectivity index (χ1v) is 8.77. The average molecular weight is 369 g/mol. The molecule has 1 heterocycles. The number of amides is 1. The molecule has 0 saturated heterocycles. The fourth-order valence-electron chi connectivity index (χ4n) is 2.15. The highest BCUT2D eigenvalue weighted by Crippen LogP contribution is 2.25. The topological polar surface area (TPSA) is 32.3 Å². The van der Waals surface area contributed by atoms with E-state index in [0.29, 0.717) is 22.2 Å². The van der Waals surface area contributed by atoms with E-state index in [4.69, 9.17) is 23.2 Å². The molecule has 0 spiro atoms. The number of benzene rings is 1. The Balaban J connectivity index is 1.98. The molecule has 1 aromatic carbocycles. The Kier molecular flexibility index (Phi) is 6.66. The SMILES string of the molecule is CN(C)C(CNC(=O)/C=C/c1c(Cl)cccc1Cl)c1ccsc1. The normalized spacial score (nSPS) is 12.7. The number of hydrogen-bond acceptors (Lipinski definition) is 3. The van der Waals surface area contributed by atoms with E-state index in [-0.39, 0.29) is 11.9 Å². The van der Waals surface area contributed by atoms with Gasteiger partial charge in [0.25, 0.3) is 0 Å². The molecule has 0 radical (unpaired) electrons. The zero-order chi connectivity index (χ0) is 16.8. The van der Waals surface area contributed by atoms with E-state index in [2.05, 4.69) is 21.7 Å². The standard InChI is InChI=1S/C17H18Cl2N2OS/c1-21(2)16(12-8-9-23-11-12)10-20-17(22)7-6-13-14(18)4-3-5-15(13)19/h3-9,11,16H,10H2,1-2H3,(H,20,22)/b7-6+. The van der Waals surface area contributed by atoms with Crippen molar-refractivity contribution in [1.82, 2.24) is 10.2 Å². The predicted molar refractivity (Wildman–Crippen MR) is 99.3 cm³/mol. The highest BCUT2D eigenvalue weighted by Gasteiger charge is 2.15. The van der Waals surface area contributed by atoms with Crippen molar-refractivity contribution in [2.75, 3.05) is 20.6 Å². The maximum atomic E-state index is 12.0. The predicted octanol–water partition coefficient (Wildman–Crippen LogP) is 4.49. The molecule has 2 aromatic rings. The van der Waals surface area contributed by atoms with Crippen molar-refractivity contribution in [3.05, 3.63) is 62.3 Å². The third-order valence-corrected chi connectivity index (χ3v) is 4.78. The van der Waals surface area contributed by atoms with Gasteiger partial charge in [-0.2, -0.15) is 11.3 Å². The van der Waals surface area contributed by atoms with Crippen LogP contribution >= 0.6 is 34.5 Å². The summed E-state index contributed by atoms with van der Waals surface area (Å²) in [7, 11) is 3.99. The maximum absolute atomic E-state index is 12.0. The molecule has 1 N–H and O–H groups in total. The zero-order valence-corrected chi connectivity index (χ0v) is 15.3. The van der Waals surface area contributed by atoms with E-state index < -0.39 is 0 Å². The summed E-state index contributed by atoms with van der Waals surface area (Å²) in [6, 6.07) is 7.46. The second-order valence-electron chi connectivity index (χ2n) is 5.25. The van der Waals surface area contributed by atoms with E-state index in [1.54, 1.807) is 35.6 Å². The first-order valence-electron chi connectivity index (χ1n) is 7.07. The minimum Gasteiger partial charge on any atom is -0.351 e. The average Bonchev–Trinajstić information content (AvgIpc) is 3.00. The summed E-state index contributed by atoms with van der Waals surface area (Å²) in [4.78, 5) is 14.1. The number of hydrogen-bond donors (Lipinski definition) is 1. The fraction of sp³-hybridized carbons (Fsp3) is 0.235. The van der Waals surface area contributed by atoms with Gasteiger partial charge in [-0.15, -0.1) is 0 Å². The minimum atomic E-state index is -0.178. The van der Waals surface area contributed by atoms with Gasteiger partial charge in [-0.1, -0.05) is 29.3 Å². The number of nitrogens with one attached hydrogen (secondary N) is 1. The lowest BCUT2D eigenvalue weighted by Crippen LogP contribution is -2.33. The summed E-state index contributed by atoms with van der Waals surface area (Å²) in [6.07, 6.45) is 3.09. The van der Waals surface area contributed by atoms with Crippen LogP contribution in [0.25, 0.3) is 6.08 Å². The summed E-state index contributed by atoms with van der Waals surface area (Å²) in [5.41, 5.74) is 1.84. The van der Waals surface area contributed by atoms with Crippen LogP contribution in [0.5, 0.6) is 0 Å². The summed E-state index contributed by atoms with van der Waals surface area (Å²) in [6.45, 7) is 0.531. The van der Waals surface area contributed by atoms with Gasteiger partial charge < -0.3 is 10.2 Å². The van der Waals surface area contributed by atoms with Crippen LogP contribution in [0.4, 0.5) is 0 Å². The summed E-state index contributed by atoms with van der Waals surface area (Å²) < 4.78 is 0. The Labute approximate surface area is 150 Å². The maximum Gasteiger partial charge on any atom is 0.244 e. The van der Waals surface area contributed by atoms with Gasteiger partial charge in [-0.25, -0.2) is 0 Å². The Bertz CT molecular complexity index is 664. The lowest BCUT2D eigenvalue weighted by Gasteiger charge is -2.23. The Morgan fingerprint density at radius 2 is 2.00 bits per heavy atom. The van der Waals surface area contributed by atoms with Crippen molar-refractivity contribution < 1.29 is 4.79 Å². The summed E-state index contributed by atoms with van der Waals surface area (Å²) in [5, 5.41) is 8.08. The van der Waals surface area contributed by atoms with Crippen molar-refractivity contribution in [1.29, 1.82) is 0 Å². The van der Waals surface area contributed by atoms with Crippen LogP contribution in [0.15, 0.2) is 41.1 Å². The molecule has 0 aliphatic heterocycles. The van der Waals surface area contributed by atoms with Gasteiger partial charge in [-0.05, 0) is 54.7 Å². The van der Waals surface area contributed by atoms with Gasteiger partial charge in [0.2, 0.25) is 5.91 Å². The molecule has 0 fully saturated rings. The van der Waals surface area contributed by atoms with Crippen molar-refractivity contribution in [2.45, 2.75) is 6.04 Å². The number of likely N-dealkylation sites (N-methyl/N-ethyl adjacent to an activating group) is 1. The number of carbonyl (C=O) groups is 1. The van der Waals surface area contributed by atoms with Gasteiger partial charge in [0.05, 0.1) is 6.04 Å². The number of carbonyl (C=O) groups excluding carboxylic acids is 1. The van der Waals surface area contributed by atoms with Crippen molar-refractivity contribution in [2.24, 2.45) is 0 Å². The second-order valence-corrected chi connectivity index (χ2v) is 6.84. The van der Waals surface area contributed by atoms with Crippen LogP contribution < -0.4 is 5.32 Å². The molecule has 0 aliphatic rings. The van der Waals surface area contributed by atoms with E-state index >= 15 is 0 Å². The van der Waals surface area contributed by atoms with Gasteiger partial charge >= 0.3 is 0 Å². The zero-order valence-electron chi connectivity index (χ0n) is 12.9. The Hall–Kier alpha value is -1.33. The summed E-state index contributed by atoms with van der Waals surface area (Å²) >= 11 is 13.8. The highest BCUT2D eigenvalue weighted by molar-refractivity contribution is 7.08. The van der Waals surface area contributed by atoms with Gasteiger partial charge in [0.15, 0.2) is 0 Å². The number of thiophene rings is 1. The van der Waals surface area contributed by atoms with E-state index in [9.17, 15) is 4.79 Å². The van der Waals surface area contributed by atoms with Gasteiger partial charge in [0.1, 0.15) is 0 Å². The van der Waals surface area contributed by atoms with Crippen LogP contribution in [0.1, 0.15) is 17.2 Å². The smallest absolute Gasteiger partial charge is 0.244 e. The monoisotopic (exact) mass is 368 g/mol. The summed E-state index contributed by atoms with van der Waals surface area (Å²) in [5.74, 6) is -0.178. The molecule has 2 rings (SSSR count). The first kappa shape index (κ1) is 18.0. The van der Waals surface area contributed by atoms with Crippen LogP contribution in [-0.4, -0.2) is 31.4 Å². The fourth-order valence-corrected chi connectivity index (χ4v) is 3.38. The third kappa shape index (κ3) is 5.08. The molecule has 0 bridgehead atoms. The van der Waals surface area contributed by atoms with Crippen LogP contribution in [0.3, 0.4) is 0 Å². The second kappa shape index (κ2) is 8.50. The first-order chi connectivity index (χ1) is 11.0. The van der Waals surface area contributed by atoms with Crippen LogP contribution in [-0.2, 0) is 4.79 Å². The molecular formula is C17H18Cl2N2OS. The van der Waals surface area contributed by atoms with Crippen molar-refractivity contribution in [3.8, 4) is 0 Å². The van der Waals surface area contributed by atoms with Gasteiger partial charge in [-0.3, -0.25) is 4.79 Å². The molecule has 0 saturated carbocycles. The molecule has 23 heavy (non-hydrogen) atoms. The molecule has 6 heteroatoms. The number of rotatable bonds is 6. The molecule has 1 atom stereocenters. The van der Waals surface area contributed by atoms with Crippen molar-refractivity contribution >= 4 is 46.5 Å². The minimum absolute atomic E-state index is 0.141. The molecule has 1 unspecified atom stereocenters. The number of nitrogens with zero attached hydrogens (tertiary/aromatic N) is 1. The Morgan fingerprint density at radius 3 is 2.57 bits per heavy atom. The van der Waals surface area contributed by atoms with E-state index in [1.807, 2.05) is 19.5 Å². The third-order valence-electron chi connectivity index (χ3n) is 3.42.